The molecule has 0 saturated heterocycles. The summed E-state index contributed by atoms with van der Waals surface area (Å²) < 4.78 is 23.5. The van der Waals surface area contributed by atoms with E-state index in [0.29, 0.717) is 0 Å². The third-order valence-corrected chi connectivity index (χ3v) is 6.07. The highest BCUT2D eigenvalue weighted by Crippen LogP contribution is 2.30. The smallest absolute Gasteiger partial charge is 0.158 e. The predicted molar refractivity (Wildman–Crippen MR) is 58.9 cm³/mol. The summed E-state index contributed by atoms with van der Waals surface area (Å²) in [5.74, 6) is 0. The van der Waals surface area contributed by atoms with E-state index in [-0.39, 0.29) is 11.3 Å². The van der Waals surface area contributed by atoms with Gasteiger partial charge in [-0.3, -0.25) is 0 Å². The SMILES string of the molecule is CC(C)(C)S(=O)(=O)C1CCC(N)CC1. The molecule has 0 unspecified atom stereocenters. The molecule has 1 aliphatic carbocycles. The Morgan fingerprint density at radius 2 is 1.50 bits per heavy atom. The van der Waals surface area contributed by atoms with Crippen molar-refractivity contribution < 1.29 is 8.42 Å². The van der Waals surface area contributed by atoms with Crippen LogP contribution in [0.1, 0.15) is 46.5 Å². The molecule has 84 valence electrons. The lowest BCUT2D eigenvalue weighted by Gasteiger charge is -2.31. The van der Waals surface area contributed by atoms with Gasteiger partial charge in [-0.15, -0.1) is 0 Å². The number of sulfone groups is 1. The van der Waals surface area contributed by atoms with Gasteiger partial charge in [-0.25, -0.2) is 8.42 Å². The van der Waals surface area contributed by atoms with Crippen LogP contribution in [0.25, 0.3) is 0 Å². The summed E-state index contributed by atoms with van der Waals surface area (Å²) in [5, 5.41) is -0.165. The molecule has 1 fully saturated rings. The maximum atomic E-state index is 12.1. The molecule has 0 aliphatic heterocycles. The van der Waals surface area contributed by atoms with Crippen molar-refractivity contribution in [3.05, 3.63) is 0 Å². The Bertz CT molecular complexity index is 282. The van der Waals surface area contributed by atoms with Crippen LogP contribution in [0.5, 0.6) is 0 Å². The lowest BCUT2D eigenvalue weighted by atomic mass is 9.96. The van der Waals surface area contributed by atoms with E-state index in [4.69, 9.17) is 5.73 Å². The Kier molecular flexibility index (Phi) is 3.26. The van der Waals surface area contributed by atoms with Gasteiger partial charge in [0.1, 0.15) is 0 Å². The monoisotopic (exact) mass is 219 g/mol. The third kappa shape index (κ3) is 2.28. The highest BCUT2D eigenvalue weighted by atomic mass is 32.2. The molecule has 0 heterocycles. The molecule has 1 rings (SSSR count). The number of nitrogens with two attached hydrogens (primary N) is 1. The average molecular weight is 219 g/mol. The van der Waals surface area contributed by atoms with Crippen molar-refractivity contribution in [3.63, 3.8) is 0 Å². The molecule has 3 nitrogen and oxygen atoms in total. The van der Waals surface area contributed by atoms with Crippen LogP contribution in [0.15, 0.2) is 0 Å². The fourth-order valence-corrected chi connectivity index (χ4v) is 3.79. The first-order valence-electron chi connectivity index (χ1n) is 5.24. The Morgan fingerprint density at radius 3 is 1.86 bits per heavy atom. The lowest BCUT2D eigenvalue weighted by Crippen LogP contribution is -2.41. The molecule has 1 saturated carbocycles. The molecule has 0 amide bonds. The Morgan fingerprint density at radius 1 is 1.07 bits per heavy atom. The van der Waals surface area contributed by atoms with Crippen LogP contribution in [0.4, 0.5) is 0 Å². The maximum Gasteiger partial charge on any atom is 0.158 e. The number of hydrogen-bond acceptors (Lipinski definition) is 3. The summed E-state index contributed by atoms with van der Waals surface area (Å²) in [7, 11) is -2.98. The molecule has 0 radical (unpaired) electrons. The second-order valence-corrected chi connectivity index (χ2v) is 8.18. The molecule has 1 aliphatic rings. The lowest BCUT2D eigenvalue weighted by molar-refractivity contribution is 0.426. The second kappa shape index (κ2) is 3.81. The van der Waals surface area contributed by atoms with E-state index < -0.39 is 14.6 Å². The zero-order valence-electron chi connectivity index (χ0n) is 9.29. The standard InChI is InChI=1S/C10H21NO2S/c1-10(2,3)14(12,13)9-6-4-8(11)5-7-9/h8-9H,4-7,11H2,1-3H3. The summed E-state index contributed by atoms with van der Waals surface area (Å²) in [4.78, 5) is 0. The van der Waals surface area contributed by atoms with Gasteiger partial charge in [0.2, 0.25) is 0 Å². The quantitative estimate of drug-likeness (QED) is 0.726. The van der Waals surface area contributed by atoms with Crippen molar-refractivity contribution >= 4 is 9.84 Å². The van der Waals surface area contributed by atoms with Crippen molar-refractivity contribution in [2.24, 2.45) is 5.73 Å². The van der Waals surface area contributed by atoms with Crippen LogP contribution in [0.3, 0.4) is 0 Å². The Labute approximate surface area is 87.0 Å². The van der Waals surface area contributed by atoms with E-state index in [0.717, 1.165) is 25.7 Å². The van der Waals surface area contributed by atoms with Crippen molar-refractivity contribution in [1.29, 1.82) is 0 Å². The molecule has 0 aromatic heterocycles. The Balaban J connectivity index is 2.76. The van der Waals surface area contributed by atoms with Crippen molar-refractivity contribution in [1.82, 2.24) is 0 Å². The van der Waals surface area contributed by atoms with Gasteiger partial charge in [-0.2, -0.15) is 0 Å². The molecule has 0 aromatic rings. The zero-order chi connectivity index (χ0) is 11.0. The van der Waals surface area contributed by atoms with Gasteiger partial charge >= 0.3 is 0 Å². The first kappa shape index (κ1) is 12.0. The largest absolute Gasteiger partial charge is 0.328 e. The van der Waals surface area contributed by atoms with E-state index in [2.05, 4.69) is 0 Å². The van der Waals surface area contributed by atoms with Crippen molar-refractivity contribution in [3.8, 4) is 0 Å². The number of rotatable bonds is 1. The van der Waals surface area contributed by atoms with E-state index in [1.807, 2.05) is 0 Å². The van der Waals surface area contributed by atoms with Crippen LogP contribution in [-0.4, -0.2) is 24.5 Å². The predicted octanol–water partition coefficient (Wildman–Crippen LogP) is 1.47. The summed E-state index contributed by atoms with van der Waals surface area (Å²) in [6.45, 7) is 5.32. The third-order valence-electron chi connectivity index (χ3n) is 3.01. The van der Waals surface area contributed by atoms with E-state index in [9.17, 15) is 8.42 Å². The van der Waals surface area contributed by atoms with E-state index in [1.165, 1.54) is 0 Å². The van der Waals surface area contributed by atoms with Gasteiger partial charge in [0.15, 0.2) is 9.84 Å². The average Bonchev–Trinajstić information content (AvgIpc) is 2.03. The molecule has 2 N–H and O–H groups in total. The van der Waals surface area contributed by atoms with Crippen molar-refractivity contribution in [2.75, 3.05) is 0 Å². The van der Waals surface area contributed by atoms with Gasteiger partial charge in [-0.05, 0) is 46.5 Å². The minimum atomic E-state index is -2.98. The van der Waals surface area contributed by atoms with Gasteiger partial charge in [-0.1, -0.05) is 0 Å². The van der Waals surface area contributed by atoms with Crippen LogP contribution in [0, 0.1) is 0 Å². The molecule has 4 heteroatoms. The molecular weight excluding hydrogens is 198 g/mol. The van der Waals surface area contributed by atoms with Crippen LogP contribution < -0.4 is 5.73 Å². The summed E-state index contributed by atoms with van der Waals surface area (Å²) >= 11 is 0. The fourth-order valence-electron chi connectivity index (χ4n) is 1.90. The van der Waals surface area contributed by atoms with Crippen molar-refractivity contribution in [2.45, 2.75) is 62.5 Å². The minimum absolute atomic E-state index is 0.165. The van der Waals surface area contributed by atoms with Gasteiger partial charge in [0.05, 0.1) is 10.00 Å². The molecule has 0 bridgehead atoms. The maximum absolute atomic E-state index is 12.1. The summed E-state index contributed by atoms with van der Waals surface area (Å²) in [6, 6.07) is 0.210. The van der Waals surface area contributed by atoms with E-state index in [1.54, 1.807) is 20.8 Å². The number of hydrogen-bond donors (Lipinski definition) is 1. The zero-order valence-corrected chi connectivity index (χ0v) is 10.1. The molecule has 0 spiro atoms. The minimum Gasteiger partial charge on any atom is -0.328 e. The fraction of sp³-hybridized carbons (Fsp3) is 1.00. The summed E-state index contributed by atoms with van der Waals surface area (Å²) in [6.07, 6.45) is 3.17. The van der Waals surface area contributed by atoms with Gasteiger partial charge < -0.3 is 5.73 Å². The Hall–Kier alpha value is -0.0900. The normalized spacial score (nSPS) is 30.3. The van der Waals surface area contributed by atoms with Crippen LogP contribution >= 0.6 is 0 Å². The first-order chi connectivity index (χ1) is 6.25. The van der Waals surface area contributed by atoms with Gasteiger partial charge in [0.25, 0.3) is 0 Å². The highest BCUT2D eigenvalue weighted by Gasteiger charge is 2.38. The molecular formula is C10H21NO2S. The summed E-state index contributed by atoms with van der Waals surface area (Å²) in [5.41, 5.74) is 5.75. The first-order valence-corrected chi connectivity index (χ1v) is 6.79. The van der Waals surface area contributed by atoms with Crippen LogP contribution in [-0.2, 0) is 9.84 Å². The van der Waals surface area contributed by atoms with Gasteiger partial charge in [0, 0.05) is 6.04 Å². The molecule has 0 aromatic carbocycles. The molecule has 14 heavy (non-hydrogen) atoms. The van der Waals surface area contributed by atoms with E-state index >= 15 is 0 Å². The topological polar surface area (TPSA) is 60.2 Å². The second-order valence-electron chi connectivity index (χ2n) is 5.19. The molecule has 0 atom stereocenters. The highest BCUT2D eigenvalue weighted by molar-refractivity contribution is 7.93. The van der Waals surface area contributed by atoms with Crippen LogP contribution in [0.2, 0.25) is 0 Å².